The summed E-state index contributed by atoms with van der Waals surface area (Å²) in [6.45, 7) is 4.94. The molecule has 5 rings (SSSR count). The summed E-state index contributed by atoms with van der Waals surface area (Å²) < 4.78 is 2.11. The molecular formula is C25H25N7O2S. The van der Waals surface area contributed by atoms with Gasteiger partial charge in [0.2, 0.25) is 11.9 Å². The van der Waals surface area contributed by atoms with Crippen molar-refractivity contribution in [2.24, 2.45) is 0 Å². The van der Waals surface area contributed by atoms with E-state index in [1.54, 1.807) is 12.1 Å². The fourth-order valence-corrected chi connectivity index (χ4v) is 5.33. The minimum Gasteiger partial charge on any atom is -0.384 e. The molecule has 0 saturated carbocycles. The van der Waals surface area contributed by atoms with Crippen LogP contribution in [0, 0.1) is 0 Å². The number of rotatable bonds is 5. The lowest BCUT2D eigenvalue weighted by molar-refractivity contribution is -0.125. The Labute approximate surface area is 206 Å². The maximum absolute atomic E-state index is 13.2. The third-order valence-corrected chi connectivity index (χ3v) is 7.25. The van der Waals surface area contributed by atoms with E-state index in [1.807, 2.05) is 35.2 Å². The molecule has 1 aliphatic heterocycles. The van der Waals surface area contributed by atoms with Crippen molar-refractivity contribution in [3.05, 3.63) is 66.3 Å². The SMILES string of the molecule is C=CC(=O)N1CCC[C@@H](n2c(NC(=O)c3ccc(-c4cc(N)ncn4)s3)nc3ccccc32)CC1. The van der Waals surface area contributed by atoms with Gasteiger partial charge in [-0.3, -0.25) is 14.9 Å². The van der Waals surface area contributed by atoms with Gasteiger partial charge in [-0.2, -0.15) is 0 Å². The number of thiophene rings is 1. The summed E-state index contributed by atoms with van der Waals surface area (Å²) in [5.41, 5.74) is 8.21. The Morgan fingerprint density at radius 2 is 2.00 bits per heavy atom. The van der Waals surface area contributed by atoms with Crippen LogP contribution in [0.25, 0.3) is 21.6 Å². The van der Waals surface area contributed by atoms with Gasteiger partial charge in [0.15, 0.2) is 0 Å². The monoisotopic (exact) mass is 487 g/mol. The lowest BCUT2D eigenvalue weighted by Gasteiger charge is -2.21. The third kappa shape index (κ3) is 4.65. The van der Waals surface area contributed by atoms with Crippen molar-refractivity contribution in [2.75, 3.05) is 24.1 Å². The molecule has 1 fully saturated rings. The number of benzene rings is 1. The predicted octanol–water partition coefficient (Wildman–Crippen LogP) is 4.13. The van der Waals surface area contributed by atoms with Crippen LogP contribution in [0.3, 0.4) is 0 Å². The van der Waals surface area contributed by atoms with Crippen molar-refractivity contribution in [1.29, 1.82) is 0 Å². The Kier molecular flexibility index (Phi) is 6.28. The highest BCUT2D eigenvalue weighted by atomic mass is 32.1. The second kappa shape index (κ2) is 9.67. The molecule has 0 spiro atoms. The molecule has 1 atom stereocenters. The molecule has 2 amide bonds. The van der Waals surface area contributed by atoms with Gasteiger partial charge in [0.05, 0.1) is 26.5 Å². The van der Waals surface area contributed by atoms with Crippen molar-refractivity contribution in [1.82, 2.24) is 24.4 Å². The summed E-state index contributed by atoms with van der Waals surface area (Å²) in [5, 5.41) is 3.02. The first-order valence-electron chi connectivity index (χ1n) is 11.4. The van der Waals surface area contributed by atoms with E-state index in [1.165, 1.54) is 23.7 Å². The number of fused-ring (bicyclic) bond motifs is 1. The summed E-state index contributed by atoms with van der Waals surface area (Å²) in [5.74, 6) is 0.594. The van der Waals surface area contributed by atoms with Crippen LogP contribution in [-0.4, -0.2) is 49.3 Å². The fourth-order valence-electron chi connectivity index (χ4n) is 4.46. The number of anilines is 2. The molecule has 1 saturated heterocycles. The van der Waals surface area contributed by atoms with E-state index in [0.717, 1.165) is 35.2 Å². The zero-order chi connectivity index (χ0) is 24.4. The number of amides is 2. The lowest BCUT2D eigenvalue weighted by atomic mass is 10.1. The van der Waals surface area contributed by atoms with Gasteiger partial charge in [-0.05, 0) is 49.6 Å². The average molecular weight is 488 g/mol. The zero-order valence-electron chi connectivity index (χ0n) is 19.1. The molecule has 0 aliphatic carbocycles. The van der Waals surface area contributed by atoms with E-state index >= 15 is 0 Å². The summed E-state index contributed by atoms with van der Waals surface area (Å²) in [6.07, 6.45) is 5.27. The van der Waals surface area contributed by atoms with Crippen LogP contribution >= 0.6 is 11.3 Å². The van der Waals surface area contributed by atoms with Gasteiger partial charge >= 0.3 is 0 Å². The number of imidazole rings is 1. The van der Waals surface area contributed by atoms with E-state index in [-0.39, 0.29) is 17.9 Å². The van der Waals surface area contributed by atoms with Crippen LogP contribution in [0.15, 0.2) is 61.4 Å². The number of aromatic nitrogens is 4. The van der Waals surface area contributed by atoms with Crippen LogP contribution in [0.5, 0.6) is 0 Å². The molecule has 0 bridgehead atoms. The summed E-state index contributed by atoms with van der Waals surface area (Å²) in [4.78, 5) is 41.4. The zero-order valence-corrected chi connectivity index (χ0v) is 19.9. The highest BCUT2D eigenvalue weighted by Crippen LogP contribution is 2.32. The first kappa shape index (κ1) is 22.7. The van der Waals surface area contributed by atoms with Crippen LogP contribution in [0.1, 0.15) is 35.0 Å². The van der Waals surface area contributed by atoms with Crippen LogP contribution in [0.4, 0.5) is 11.8 Å². The molecule has 4 aromatic rings. The molecule has 35 heavy (non-hydrogen) atoms. The van der Waals surface area contributed by atoms with Crippen molar-refractivity contribution < 1.29 is 9.59 Å². The number of nitrogens with zero attached hydrogens (tertiary/aromatic N) is 5. The first-order chi connectivity index (χ1) is 17.0. The van der Waals surface area contributed by atoms with Gasteiger partial charge in [-0.1, -0.05) is 18.7 Å². The van der Waals surface area contributed by atoms with Crippen molar-refractivity contribution >= 4 is 46.0 Å². The molecule has 0 radical (unpaired) electrons. The molecule has 4 heterocycles. The molecule has 0 unspecified atom stereocenters. The minimum atomic E-state index is -0.239. The Morgan fingerprint density at radius 3 is 2.83 bits per heavy atom. The highest BCUT2D eigenvalue weighted by molar-refractivity contribution is 7.17. The number of hydrogen-bond donors (Lipinski definition) is 2. The Hall–Kier alpha value is -4.05. The Balaban J connectivity index is 1.42. The van der Waals surface area contributed by atoms with Crippen LogP contribution in [-0.2, 0) is 4.79 Å². The number of nitrogen functional groups attached to an aromatic ring is 1. The summed E-state index contributed by atoms with van der Waals surface area (Å²) in [6, 6.07) is 13.2. The molecule has 1 aliphatic rings. The summed E-state index contributed by atoms with van der Waals surface area (Å²) >= 11 is 1.33. The quantitative estimate of drug-likeness (QED) is 0.409. The van der Waals surface area contributed by atoms with Crippen molar-refractivity contribution in [3.8, 4) is 10.6 Å². The highest BCUT2D eigenvalue weighted by Gasteiger charge is 2.25. The smallest absolute Gasteiger partial charge is 0.268 e. The first-order valence-corrected chi connectivity index (χ1v) is 12.2. The standard InChI is InChI=1S/C25H25N7O2S/c1-2-23(33)31-12-5-6-16(11-13-31)32-19-8-4-3-7-17(19)29-25(32)30-24(34)21-10-9-20(35-21)18-14-22(26)28-15-27-18/h2-4,7-10,14-16H,1,5-6,11-13H2,(H2,26,27,28)(H,29,30,34)/t16-/m1/s1. The number of para-hydroxylation sites is 2. The fraction of sp³-hybridized carbons (Fsp3) is 0.240. The van der Waals surface area contributed by atoms with E-state index in [0.29, 0.717) is 35.4 Å². The summed E-state index contributed by atoms with van der Waals surface area (Å²) in [7, 11) is 0. The Morgan fingerprint density at radius 1 is 1.14 bits per heavy atom. The van der Waals surface area contributed by atoms with Gasteiger partial charge in [0.25, 0.3) is 5.91 Å². The van der Waals surface area contributed by atoms with Gasteiger partial charge in [0.1, 0.15) is 12.1 Å². The van der Waals surface area contributed by atoms with E-state index in [9.17, 15) is 9.59 Å². The molecule has 178 valence electrons. The molecule has 9 nitrogen and oxygen atoms in total. The van der Waals surface area contributed by atoms with E-state index in [4.69, 9.17) is 10.7 Å². The second-order valence-corrected chi connectivity index (χ2v) is 9.44. The van der Waals surface area contributed by atoms with Gasteiger partial charge in [-0.15, -0.1) is 11.3 Å². The number of likely N-dealkylation sites (tertiary alicyclic amines) is 1. The van der Waals surface area contributed by atoms with Gasteiger partial charge in [0, 0.05) is 25.2 Å². The average Bonchev–Trinajstić information content (AvgIpc) is 3.42. The number of nitrogens with one attached hydrogen (secondary N) is 1. The van der Waals surface area contributed by atoms with Gasteiger partial charge < -0.3 is 15.2 Å². The maximum Gasteiger partial charge on any atom is 0.268 e. The topological polar surface area (TPSA) is 119 Å². The normalized spacial score (nSPS) is 16.1. The maximum atomic E-state index is 13.2. The predicted molar refractivity (Wildman–Crippen MR) is 137 cm³/mol. The Bertz CT molecular complexity index is 1410. The molecular weight excluding hydrogens is 462 g/mol. The molecule has 3 N–H and O–H groups in total. The number of carbonyl (C=O) groups is 2. The number of carbonyl (C=O) groups excluding carboxylic acids is 2. The van der Waals surface area contributed by atoms with E-state index in [2.05, 4.69) is 26.4 Å². The number of hydrogen-bond acceptors (Lipinski definition) is 7. The third-order valence-electron chi connectivity index (χ3n) is 6.14. The van der Waals surface area contributed by atoms with Crippen molar-refractivity contribution in [2.45, 2.75) is 25.3 Å². The molecule has 3 aromatic heterocycles. The van der Waals surface area contributed by atoms with Crippen LogP contribution in [0.2, 0.25) is 0 Å². The number of nitrogens with two attached hydrogens (primary N) is 1. The second-order valence-electron chi connectivity index (χ2n) is 8.35. The minimum absolute atomic E-state index is 0.0476. The van der Waals surface area contributed by atoms with E-state index < -0.39 is 0 Å². The van der Waals surface area contributed by atoms with Crippen molar-refractivity contribution in [3.63, 3.8) is 0 Å². The molecule has 1 aromatic carbocycles. The molecule has 10 heteroatoms. The lowest BCUT2D eigenvalue weighted by Crippen LogP contribution is -2.30. The largest absolute Gasteiger partial charge is 0.384 e. The van der Waals surface area contributed by atoms with Gasteiger partial charge in [-0.25, -0.2) is 15.0 Å². The van der Waals surface area contributed by atoms with Crippen LogP contribution < -0.4 is 11.1 Å².